The van der Waals surface area contributed by atoms with Crippen LogP contribution >= 0.6 is 0 Å². The Labute approximate surface area is 118 Å². The number of nitro benzene ring substituents is 1. The molecule has 1 amide bonds. The minimum absolute atomic E-state index is 0.0832. The van der Waals surface area contributed by atoms with Gasteiger partial charge in [0, 0.05) is 19.0 Å². The van der Waals surface area contributed by atoms with Crippen LogP contribution in [-0.2, 0) is 4.79 Å². The molecule has 0 fully saturated rings. The second kappa shape index (κ2) is 8.27. The Balaban J connectivity index is 2.49. The summed E-state index contributed by atoms with van der Waals surface area (Å²) in [5, 5.41) is 13.4. The molecule has 0 bridgehead atoms. The van der Waals surface area contributed by atoms with Gasteiger partial charge in [-0.3, -0.25) is 14.9 Å². The fourth-order valence-electron chi connectivity index (χ4n) is 1.78. The second-order valence-corrected chi connectivity index (χ2v) is 4.73. The van der Waals surface area contributed by atoms with Gasteiger partial charge in [0.05, 0.1) is 4.92 Å². The van der Waals surface area contributed by atoms with Gasteiger partial charge in [0.2, 0.25) is 5.91 Å². The van der Waals surface area contributed by atoms with E-state index >= 15 is 0 Å². The van der Waals surface area contributed by atoms with Gasteiger partial charge in [0.15, 0.2) is 0 Å². The normalized spacial score (nSPS) is 10.6. The van der Waals surface area contributed by atoms with E-state index in [1.54, 1.807) is 12.1 Å². The predicted octanol–water partition coefficient (Wildman–Crippen LogP) is 2.66. The lowest BCUT2D eigenvalue weighted by atomic mass is 10.2. The van der Waals surface area contributed by atoms with Crippen molar-refractivity contribution in [3.8, 4) is 0 Å². The molecule has 1 N–H and O–H groups in total. The van der Waals surface area contributed by atoms with Crippen LogP contribution in [0.1, 0.15) is 26.2 Å². The number of hydrogen-bond donors (Lipinski definition) is 1. The zero-order chi connectivity index (χ0) is 15.0. The summed E-state index contributed by atoms with van der Waals surface area (Å²) >= 11 is 0. The molecule has 1 rings (SSSR count). The van der Waals surface area contributed by atoms with Gasteiger partial charge in [-0.1, -0.05) is 25.5 Å². The molecule has 0 radical (unpaired) electrons. The monoisotopic (exact) mass is 279 g/mol. The lowest BCUT2D eigenvalue weighted by Crippen LogP contribution is -2.25. The maximum absolute atomic E-state index is 11.8. The molecule has 1 aromatic rings. The molecule has 0 saturated carbocycles. The summed E-state index contributed by atoms with van der Waals surface area (Å²) in [6.45, 7) is 3.72. The quantitative estimate of drug-likeness (QED) is 0.586. The number of anilines is 1. The van der Waals surface area contributed by atoms with Crippen molar-refractivity contribution in [1.29, 1.82) is 0 Å². The number of benzene rings is 1. The van der Waals surface area contributed by atoms with Crippen molar-refractivity contribution in [2.24, 2.45) is 0 Å². The average molecular weight is 279 g/mol. The van der Waals surface area contributed by atoms with E-state index in [-0.39, 0.29) is 17.3 Å². The molecule has 0 aromatic heterocycles. The van der Waals surface area contributed by atoms with Gasteiger partial charge < -0.3 is 10.2 Å². The van der Waals surface area contributed by atoms with E-state index in [0.29, 0.717) is 13.0 Å². The van der Waals surface area contributed by atoms with E-state index < -0.39 is 4.92 Å². The zero-order valence-electron chi connectivity index (χ0n) is 12.0. The molecule has 20 heavy (non-hydrogen) atoms. The van der Waals surface area contributed by atoms with Crippen LogP contribution in [-0.4, -0.2) is 35.9 Å². The molecule has 1 aromatic carbocycles. The number of nitrogens with one attached hydrogen (secondary N) is 1. The number of nitrogens with zero attached hydrogens (tertiary/aromatic N) is 2. The van der Waals surface area contributed by atoms with E-state index in [9.17, 15) is 14.9 Å². The van der Waals surface area contributed by atoms with Crippen LogP contribution < -0.4 is 5.32 Å². The highest BCUT2D eigenvalue weighted by molar-refractivity contribution is 5.93. The Bertz CT molecular complexity index is 463. The van der Waals surface area contributed by atoms with E-state index in [4.69, 9.17) is 0 Å². The van der Waals surface area contributed by atoms with Gasteiger partial charge in [-0.05, 0) is 26.1 Å². The molecule has 110 valence electrons. The minimum atomic E-state index is -0.497. The van der Waals surface area contributed by atoms with Crippen molar-refractivity contribution in [2.45, 2.75) is 26.2 Å². The Morgan fingerprint density at radius 3 is 2.70 bits per heavy atom. The Kier molecular flexibility index (Phi) is 6.66. The van der Waals surface area contributed by atoms with Crippen molar-refractivity contribution in [3.05, 3.63) is 34.4 Å². The van der Waals surface area contributed by atoms with Crippen LogP contribution in [0.3, 0.4) is 0 Å². The second-order valence-electron chi connectivity index (χ2n) is 4.73. The van der Waals surface area contributed by atoms with Crippen LogP contribution in [0.5, 0.6) is 0 Å². The maximum Gasteiger partial charge on any atom is 0.292 e. The largest absolute Gasteiger partial charge is 0.320 e. The lowest BCUT2D eigenvalue weighted by Gasteiger charge is -2.15. The van der Waals surface area contributed by atoms with Gasteiger partial charge in [-0.25, -0.2) is 0 Å². The molecule has 0 atom stereocenters. The van der Waals surface area contributed by atoms with E-state index in [0.717, 1.165) is 19.4 Å². The molecule has 0 heterocycles. The van der Waals surface area contributed by atoms with E-state index in [2.05, 4.69) is 17.1 Å². The van der Waals surface area contributed by atoms with Crippen molar-refractivity contribution >= 4 is 17.3 Å². The van der Waals surface area contributed by atoms with Crippen LogP contribution in [0.15, 0.2) is 24.3 Å². The third-order valence-electron chi connectivity index (χ3n) is 2.99. The summed E-state index contributed by atoms with van der Waals surface area (Å²) in [6, 6.07) is 6.15. The van der Waals surface area contributed by atoms with Gasteiger partial charge in [-0.15, -0.1) is 0 Å². The van der Waals surface area contributed by atoms with Crippen molar-refractivity contribution < 1.29 is 9.72 Å². The lowest BCUT2D eigenvalue weighted by molar-refractivity contribution is -0.383. The van der Waals surface area contributed by atoms with Crippen molar-refractivity contribution in [1.82, 2.24) is 4.90 Å². The van der Waals surface area contributed by atoms with Gasteiger partial charge >= 0.3 is 0 Å². The van der Waals surface area contributed by atoms with E-state index in [1.165, 1.54) is 12.1 Å². The first kappa shape index (κ1) is 16.1. The van der Waals surface area contributed by atoms with Crippen LogP contribution in [0, 0.1) is 10.1 Å². The summed E-state index contributed by atoms with van der Waals surface area (Å²) < 4.78 is 0. The third-order valence-corrected chi connectivity index (χ3v) is 2.99. The molecular weight excluding hydrogens is 258 g/mol. The number of carbonyl (C=O) groups is 1. The molecule has 6 nitrogen and oxygen atoms in total. The van der Waals surface area contributed by atoms with Crippen LogP contribution in [0.2, 0.25) is 0 Å². The van der Waals surface area contributed by atoms with Crippen molar-refractivity contribution in [3.63, 3.8) is 0 Å². The fourth-order valence-corrected chi connectivity index (χ4v) is 1.78. The Morgan fingerprint density at radius 1 is 1.35 bits per heavy atom. The topological polar surface area (TPSA) is 75.5 Å². The number of rotatable bonds is 8. The van der Waals surface area contributed by atoms with Gasteiger partial charge in [0.1, 0.15) is 5.69 Å². The SMILES string of the molecule is CCCCN(C)CCC(=O)Nc1ccccc1[N+](=O)[O-]. The number of unbranched alkanes of at least 4 members (excludes halogenated alkanes) is 1. The highest BCUT2D eigenvalue weighted by Crippen LogP contribution is 2.23. The first-order chi connectivity index (χ1) is 9.54. The maximum atomic E-state index is 11.8. The van der Waals surface area contributed by atoms with Crippen LogP contribution in [0.25, 0.3) is 0 Å². The fraction of sp³-hybridized carbons (Fsp3) is 0.500. The molecule has 6 heteroatoms. The molecular formula is C14H21N3O3. The average Bonchev–Trinajstić information content (AvgIpc) is 2.43. The predicted molar refractivity (Wildman–Crippen MR) is 78.7 cm³/mol. The molecule has 0 aliphatic heterocycles. The Hall–Kier alpha value is -1.95. The van der Waals surface area contributed by atoms with Gasteiger partial charge in [-0.2, -0.15) is 0 Å². The standard InChI is InChI=1S/C14H21N3O3/c1-3-4-10-16(2)11-9-14(18)15-12-7-5-6-8-13(12)17(19)20/h5-8H,3-4,9-11H2,1-2H3,(H,15,18). The first-order valence-corrected chi connectivity index (χ1v) is 6.76. The number of carbonyl (C=O) groups excluding carboxylic acids is 1. The van der Waals surface area contributed by atoms with Crippen molar-refractivity contribution in [2.75, 3.05) is 25.5 Å². The Morgan fingerprint density at radius 2 is 2.05 bits per heavy atom. The zero-order valence-corrected chi connectivity index (χ0v) is 12.0. The van der Waals surface area contributed by atoms with E-state index in [1.807, 2.05) is 7.05 Å². The summed E-state index contributed by atoms with van der Waals surface area (Å²) in [7, 11) is 1.97. The summed E-state index contributed by atoms with van der Waals surface area (Å²) in [6.07, 6.45) is 2.54. The summed E-state index contributed by atoms with van der Waals surface area (Å²) in [4.78, 5) is 24.2. The first-order valence-electron chi connectivity index (χ1n) is 6.76. The van der Waals surface area contributed by atoms with Gasteiger partial charge in [0.25, 0.3) is 5.69 Å². The third kappa shape index (κ3) is 5.36. The number of para-hydroxylation sites is 2. The molecule has 0 aliphatic carbocycles. The summed E-state index contributed by atoms with van der Waals surface area (Å²) in [5.74, 6) is -0.206. The molecule has 0 saturated heterocycles. The minimum Gasteiger partial charge on any atom is -0.320 e. The van der Waals surface area contributed by atoms with Crippen LogP contribution in [0.4, 0.5) is 11.4 Å². The highest BCUT2D eigenvalue weighted by atomic mass is 16.6. The smallest absolute Gasteiger partial charge is 0.292 e. The molecule has 0 unspecified atom stereocenters. The number of nitro groups is 1. The highest BCUT2D eigenvalue weighted by Gasteiger charge is 2.14. The number of amides is 1. The molecule has 0 aliphatic rings. The molecule has 0 spiro atoms. The summed E-state index contributed by atoms with van der Waals surface area (Å²) in [5.41, 5.74) is 0.166. The number of hydrogen-bond acceptors (Lipinski definition) is 4.